The van der Waals surface area contributed by atoms with Crippen LogP contribution in [0.2, 0.25) is 5.02 Å². The van der Waals surface area contributed by atoms with Crippen molar-refractivity contribution in [3.05, 3.63) is 46.6 Å². The minimum absolute atomic E-state index is 0.377. The number of hydrogen-bond acceptors (Lipinski definition) is 5. The maximum Gasteiger partial charge on any atom is 0.129 e. The molecule has 1 aliphatic heterocycles. The van der Waals surface area contributed by atoms with Gasteiger partial charge in [-0.05, 0) is 31.5 Å². The van der Waals surface area contributed by atoms with Gasteiger partial charge in [0.1, 0.15) is 17.5 Å². The van der Waals surface area contributed by atoms with Crippen molar-refractivity contribution in [2.24, 2.45) is 0 Å². The maximum absolute atomic E-state index is 6.01. The molecule has 0 saturated carbocycles. The number of halogens is 1. The van der Waals surface area contributed by atoms with Gasteiger partial charge in [-0.15, -0.1) is 0 Å². The van der Waals surface area contributed by atoms with E-state index in [0.717, 1.165) is 66.8 Å². The summed E-state index contributed by atoms with van der Waals surface area (Å²) in [6.07, 6.45) is 1.80. The predicted octanol–water partition coefficient (Wildman–Crippen LogP) is 3.47. The molecule has 2 aromatic heterocycles. The summed E-state index contributed by atoms with van der Waals surface area (Å²) in [7, 11) is 0. The smallest absolute Gasteiger partial charge is 0.129 e. The topological polar surface area (TPSA) is 75.7 Å². The number of aryl methyl sites for hydroxylation is 1. The summed E-state index contributed by atoms with van der Waals surface area (Å²) in [6, 6.07) is 7.70. The van der Waals surface area contributed by atoms with E-state index in [-0.39, 0.29) is 0 Å². The van der Waals surface area contributed by atoms with Crippen molar-refractivity contribution in [2.45, 2.75) is 25.7 Å². The molecule has 6 nitrogen and oxygen atoms in total. The van der Waals surface area contributed by atoms with Crippen molar-refractivity contribution in [3.63, 3.8) is 0 Å². The van der Waals surface area contributed by atoms with E-state index in [1.807, 2.05) is 31.2 Å². The molecule has 1 atom stereocenters. The third-order valence-corrected chi connectivity index (χ3v) is 4.60. The number of aromatic amines is 1. The van der Waals surface area contributed by atoms with E-state index >= 15 is 0 Å². The number of imidazole rings is 1. The first-order chi connectivity index (χ1) is 12.2. The molecular formula is C18H20ClN5O. The van der Waals surface area contributed by atoms with Gasteiger partial charge in [0.25, 0.3) is 0 Å². The highest BCUT2D eigenvalue weighted by Gasteiger charge is 2.20. The highest BCUT2D eigenvalue weighted by molar-refractivity contribution is 6.31. The average Bonchev–Trinajstić information content (AvgIpc) is 3.23. The fraction of sp³-hybridized carbons (Fsp3) is 0.389. The van der Waals surface area contributed by atoms with Crippen LogP contribution < -0.4 is 5.32 Å². The Kier molecular flexibility index (Phi) is 4.55. The molecular weight excluding hydrogens is 338 g/mol. The number of anilines is 1. The molecule has 1 saturated heterocycles. The molecule has 3 heterocycles. The summed E-state index contributed by atoms with van der Waals surface area (Å²) in [5.41, 5.74) is 2.95. The molecule has 0 amide bonds. The second-order valence-electron chi connectivity index (χ2n) is 6.31. The molecule has 1 fully saturated rings. The number of aromatic nitrogens is 4. The third-order valence-electron chi connectivity index (χ3n) is 4.37. The lowest BCUT2D eigenvalue weighted by Crippen LogP contribution is -2.10. The number of H-pyrrole nitrogens is 1. The van der Waals surface area contributed by atoms with Crippen LogP contribution in [0, 0.1) is 6.92 Å². The van der Waals surface area contributed by atoms with Crippen LogP contribution in [-0.4, -0.2) is 39.7 Å². The van der Waals surface area contributed by atoms with E-state index in [9.17, 15) is 0 Å². The van der Waals surface area contributed by atoms with Crippen LogP contribution in [0.25, 0.3) is 11.0 Å². The van der Waals surface area contributed by atoms with Gasteiger partial charge >= 0.3 is 0 Å². The summed E-state index contributed by atoms with van der Waals surface area (Å²) in [5.74, 6) is 2.95. The summed E-state index contributed by atoms with van der Waals surface area (Å²) in [5, 5.41) is 4.08. The number of ether oxygens (including phenoxy) is 1. The molecule has 0 spiro atoms. The number of fused-ring (bicyclic) bond motifs is 1. The Morgan fingerprint density at radius 2 is 2.20 bits per heavy atom. The first-order valence-electron chi connectivity index (χ1n) is 8.49. The molecule has 7 heteroatoms. The highest BCUT2D eigenvalue weighted by Crippen LogP contribution is 2.25. The standard InChI is InChI=1S/C18H20ClN5O/c1-11-21-15(12-5-7-25-10-12)9-18(22-11)20-6-4-17-23-14-3-2-13(19)8-16(14)24-17/h2-3,8-9,12H,4-7,10H2,1H3,(H,23,24)(H,20,21,22)/t12-/m0/s1. The van der Waals surface area contributed by atoms with E-state index in [4.69, 9.17) is 16.3 Å². The van der Waals surface area contributed by atoms with Gasteiger partial charge < -0.3 is 15.0 Å². The Labute approximate surface area is 151 Å². The molecule has 25 heavy (non-hydrogen) atoms. The van der Waals surface area contributed by atoms with Crippen LogP contribution in [0.15, 0.2) is 24.3 Å². The zero-order chi connectivity index (χ0) is 17.2. The van der Waals surface area contributed by atoms with Crippen LogP contribution in [0.4, 0.5) is 5.82 Å². The van der Waals surface area contributed by atoms with E-state index in [2.05, 4.69) is 25.3 Å². The summed E-state index contributed by atoms with van der Waals surface area (Å²) < 4.78 is 5.46. The normalized spacial score (nSPS) is 17.3. The summed E-state index contributed by atoms with van der Waals surface area (Å²) >= 11 is 6.01. The zero-order valence-corrected chi connectivity index (χ0v) is 14.8. The molecule has 0 bridgehead atoms. The largest absolute Gasteiger partial charge is 0.381 e. The fourth-order valence-corrected chi connectivity index (χ4v) is 3.29. The van der Waals surface area contributed by atoms with E-state index < -0.39 is 0 Å². The number of nitrogens with one attached hydrogen (secondary N) is 2. The van der Waals surface area contributed by atoms with Gasteiger partial charge in [0.05, 0.1) is 23.3 Å². The number of rotatable bonds is 5. The third kappa shape index (κ3) is 3.75. The number of nitrogens with zero attached hydrogens (tertiary/aromatic N) is 3. The SMILES string of the molecule is Cc1nc(NCCc2nc3ccc(Cl)cc3[nH]2)cc([C@H]2CCOC2)n1. The zero-order valence-electron chi connectivity index (χ0n) is 14.1. The monoisotopic (exact) mass is 357 g/mol. The summed E-state index contributed by atoms with van der Waals surface area (Å²) in [6.45, 7) is 4.22. The Morgan fingerprint density at radius 3 is 3.04 bits per heavy atom. The Balaban J connectivity index is 1.42. The molecule has 1 aliphatic rings. The molecule has 0 radical (unpaired) electrons. The van der Waals surface area contributed by atoms with E-state index in [0.29, 0.717) is 10.9 Å². The molecule has 2 N–H and O–H groups in total. The molecule has 4 rings (SSSR count). The lowest BCUT2D eigenvalue weighted by molar-refractivity contribution is 0.193. The van der Waals surface area contributed by atoms with Crippen molar-refractivity contribution in [2.75, 3.05) is 25.1 Å². The quantitative estimate of drug-likeness (QED) is 0.731. The molecule has 0 aliphatic carbocycles. The van der Waals surface area contributed by atoms with E-state index in [1.165, 1.54) is 0 Å². The van der Waals surface area contributed by atoms with Gasteiger partial charge in [0.15, 0.2) is 0 Å². The van der Waals surface area contributed by atoms with Crippen LogP contribution in [-0.2, 0) is 11.2 Å². The molecule has 130 valence electrons. The summed E-state index contributed by atoms with van der Waals surface area (Å²) in [4.78, 5) is 16.9. The first kappa shape index (κ1) is 16.3. The second kappa shape index (κ2) is 6.98. The van der Waals surface area contributed by atoms with Crippen LogP contribution in [0.1, 0.15) is 29.7 Å². The lowest BCUT2D eigenvalue weighted by atomic mass is 10.0. The Bertz CT molecular complexity index is 888. The highest BCUT2D eigenvalue weighted by atomic mass is 35.5. The van der Waals surface area contributed by atoms with Gasteiger partial charge in [0, 0.05) is 36.6 Å². The molecule has 0 unspecified atom stereocenters. The number of benzene rings is 1. The minimum Gasteiger partial charge on any atom is -0.381 e. The number of hydrogen-bond donors (Lipinski definition) is 2. The van der Waals surface area contributed by atoms with E-state index in [1.54, 1.807) is 0 Å². The van der Waals surface area contributed by atoms with Gasteiger partial charge in [-0.25, -0.2) is 15.0 Å². The molecule has 1 aromatic carbocycles. The van der Waals surface area contributed by atoms with Crippen molar-refractivity contribution in [1.29, 1.82) is 0 Å². The second-order valence-corrected chi connectivity index (χ2v) is 6.74. The van der Waals surface area contributed by atoms with Crippen molar-refractivity contribution < 1.29 is 4.74 Å². The maximum atomic E-state index is 6.01. The van der Waals surface area contributed by atoms with Crippen molar-refractivity contribution in [1.82, 2.24) is 19.9 Å². The van der Waals surface area contributed by atoms with Crippen LogP contribution >= 0.6 is 11.6 Å². The average molecular weight is 358 g/mol. The Hall–Kier alpha value is -2.18. The van der Waals surface area contributed by atoms with Crippen molar-refractivity contribution >= 4 is 28.5 Å². The fourth-order valence-electron chi connectivity index (χ4n) is 3.12. The predicted molar refractivity (Wildman–Crippen MR) is 98.2 cm³/mol. The van der Waals surface area contributed by atoms with Gasteiger partial charge in [-0.2, -0.15) is 0 Å². The lowest BCUT2D eigenvalue weighted by Gasteiger charge is -2.11. The van der Waals surface area contributed by atoms with Crippen molar-refractivity contribution in [3.8, 4) is 0 Å². The van der Waals surface area contributed by atoms with Gasteiger partial charge in [-0.1, -0.05) is 11.6 Å². The Morgan fingerprint density at radius 1 is 1.28 bits per heavy atom. The van der Waals surface area contributed by atoms with Gasteiger partial charge in [0.2, 0.25) is 0 Å². The first-order valence-corrected chi connectivity index (χ1v) is 8.86. The molecule has 3 aromatic rings. The van der Waals surface area contributed by atoms with Crippen LogP contribution in [0.5, 0.6) is 0 Å². The van der Waals surface area contributed by atoms with Crippen LogP contribution in [0.3, 0.4) is 0 Å². The minimum atomic E-state index is 0.377. The van der Waals surface area contributed by atoms with Gasteiger partial charge in [-0.3, -0.25) is 0 Å².